The van der Waals surface area contributed by atoms with Crippen LogP contribution in [0.2, 0.25) is 5.02 Å². The Labute approximate surface area is 134 Å². The number of anilines is 1. The van der Waals surface area contributed by atoms with Crippen LogP contribution in [-0.2, 0) is 0 Å². The monoisotopic (exact) mass is 322 g/mol. The Bertz CT molecular complexity index is 601. The number of halogens is 1. The minimum Gasteiger partial charge on any atom is -0.337 e. The summed E-state index contributed by atoms with van der Waals surface area (Å²) in [6.07, 6.45) is 0.956. The average Bonchev–Trinajstić information content (AvgIpc) is 3.18. The van der Waals surface area contributed by atoms with E-state index in [0.717, 1.165) is 19.5 Å². The van der Waals surface area contributed by atoms with Crippen LogP contribution in [0.15, 0.2) is 18.2 Å². The van der Waals surface area contributed by atoms with Crippen molar-refractivity contribution in [2.75, 3.05) is 38.1 Å². The zero-order chi connectivity index (χ0) is 15.7. The highest BCUT2D eigenvalue weighted by Gasteiger charge is 2.27. The van der Waals surface area contributed by atoms with Gasteiger partial charge in [-0.1, -0.05) is 11.6 Å². The van der Waals surface area contributed by atoms with Crippen molar-refractivity contribution in [2.24, 2.45) is 0 Å². The molecule has 0 saturated carbocycles. The number of hydrogen-bond donors (Lipinski definition) is 2. The SMILES string of the molecule is CN(C(=O)c1ccc(Cl)c(N2CCNC2=O)c1)[C@@H]1CCNC1. The maximum absolute atomic E-state index is 12.6. The molecule has 7 heteroatoms. The van der Waals surface area contributed by atoms with Gasteiger partial charge in [0.25, 0.3) is 5.91 Å². The summed E-state index contributed by atoms with van der Waals surface area (Å²) in [5.74, 6) is -0.0498. The van der Waals surface area contributed by atoms with Gasteiger partial charge < -0.3 is 15.5 Å². The first-order valence-corrected chi connectivity index (χ1v) is 7.78. The van der Waals surface area contributed by atoms with Crippen LogP contribution in [0, 0.1) is 0 Å². The highest BCUT2D eigenvalue weighted by molar-refractivity contribution is 6.34. The van der Waals surface area contributed by atoms with Crippen LogP contribution < -0.4 is 15.5 Å². The standard InChI is InChI=1S/C15H19ClN4O2/c1-19(11-4-5-17-9-11)14(21)10-2-3-12(16)13(8-10)20-7-6-18-15(20)22/h2-3,8,11,17H,4-7,9H2,1H3,(H,18,22)/t11-/m1/s1. The number of rotatable bonds is 3. The van der Waals surface area contributed by atoms with Crippen molar-refractivity contribution in [3.8, 4) is 0 Å². The molecule has 118 valence electrons. The molecule has 0 bridgehead atoms. The lowest BCUT2D eigenvalue weighted by molar-refractivity contribution is 0.0744. The highest BCUT2D eigenvalue weighted by atomic mass is 35.5. The molecule has 0 spiro atoms. The molecule has 1 atom stereocenters. The number of carbonyl (C=O) groups excluding carboxylic acids is 2. The lowest BCUT2D eigenvalue weighted by Crippen LogP contribution is -2.38. The first-order chi connectivity index (χ1) is 10.6. The van der Waals surface area contributed by atoms with E-state index in [1.54, 1.807) is 28.0 Å². The summed E-state index contributed by atoms with van der Waals surface area (Å²) in [5, 5.41) is 6.46. The van der Waals surface area contributed by atoms with Crippen LogP contribution in [0.25, 0.3) is 0 Å². The summed E-state index contributed by atoms with van der Waals surface area (Å²) in [6, 6.07) is 5.12. The van der Waals surface area contributed by atoms with Gasteiger partial charge in [-0.25, -0.2) is 4.79 Å². The highest BCUT2D eigenvalue weighted by Crippen LogP contribution is 2.29. The van der Waals surface area contributed by atoms with E-state index >= 15 is 0 Å². The van der Waals surface area contributed by atoms with Crippen LogP contribution >= 0.6 is 11.6 Å². The molecular weight excluding hydrogens is 304 g/mol. The van der Waals surface area contributed by atoms with E-state index in [1.807, 2.05) is 7.05 Å². The molecular formula is C15H19ClN4O2. The molecule has 2 fully saturated rings. The Kier molecular flexibility index (Phi) is 4.22. The Hall–Kier alpha value is -1.79. The molecule has 0 radical (unpaired) electrons. The maximum atomic E-state index is 12.6. The smallest absolute Gasteiger partial charge is 0.322 e. The van der Waals surface area contributed by atoms with Crippen molar-refractivity contribution in [1.82, 2.24) is 15.5 Å². The Morgan fingerprint density at radius 2 is 2.23 bits per heavy atom. The molecule has 0 aliphatic carbocycles. The molecule has 2 heterocycles. The topological polar surface area (TPSA) is 64.7 Å². The molecule has 2 saturated heterocycles. The van der Waals surface area contributed by atoms with Gasteiger partial charge in [0.1, 0.15) is 0 Å². The number of likely N-dealkylation sites (N-methyl/N-ethyl adjacent to an activating group) is 1. The lowest BCUT2D eigenvalue weighted by atomic mass is 10.1. The molecule has 2 aliphatic rings. The van der Waals surface area contributed by atoms with E-state index in [1.165, 1.54) is 0 Å². The molecule has 22 heavy (non-hydrogen) atoms. The van der Waals surface area contributed by atoms with Gasteiger partial charge in [0.2, 0.25) is 0 Å². The van der Waals surface area contributed by atoms with E-state index in [0.29, 0.717) is 29.4 Å². The van der Waals surface area contributed by atoms with E-state index in [4.69, 9.17) is 11.6 Å². The number of benzene rings is 1. The fourth-order valence-corrected chi connectivity index (χ4v) is 3.11. The number of urea groups is 1. The third-order valence-corrected chi connectivity index (χ3v) is 4.56. The first-order valence-electron chi connectivity index (χ1n) is 7.40. The third kappa shape index (κ3) is 2.76. The van der Waals surface area contributed by atoms with Gasteiger partial charge in [0.15, 0.2) is 0 Å². The second-order valence-corrected chi connectivity index (χ2v) is 6.02. The number of nitrogens with one attached hydrogen (secondary N) is 2. The first kappa shape index (κ1) is 15.1. The van der Waals surface area contributed by atoms with Crippen molar-refractivity contribution >= 4 is 29.2 Å². The number of hydrogen-bond acceptors (Lipinski definition) is 3. The normalized spacial score (nSPS) is 21.1. The van der Waals surface area contributed by atoms with Gasteiger partial charge in [0.05, 0.1) is 10.7 Å². The quantitative estimate of drug-likeness (QED) is 0.881. The molecule has 3 rings (SSSR count). The predicted octanol–water partition coefficient (Wildman–Crippen LogP) is 1.30. The van der Waals surface area contributed by atoms with Gasteiger partial charge in [0, 0.05) is 38.3 Å². The zero-order valence-electron chi connectivity index (χ0n) is 12.4. The summed E-state index contributed by atoms with van der Waals surface area (Å²) < 4.78 is 0. The van der Waals surface area contributed by atoms with Gasteiger partial charge >= 0.3 is 6.03 Å². The van der Waals surface area contributed by atoms with E-state index in [9.17, 15) is 9.59 Å². The zero-order valence-corrected chi connectivity index (χ0v) is 13.2. The molecule has 1 aromatic carbocycles. The summed E-state index contributed by atoms with van der Waals surface area (Å²) in [4.78, 5) is 27.8. The largest absolute Gasteiger partial charge is 0.337 e. The van der Waals surface area contributed by atoms with Gasteiger partial charge in [-0.05, 0) is 31.2 Å². The summed E-state index contributed by atoms with van der Waals surface area (Å²) in [5.41, 5.74) is 1.13. The molecule has 0 unspecified atom stereocenters. The van der Waals surface area contributed by atoms with Crippen molar-refractivity contribution in [3.05, 3.63) is 28.8 Å². The minimum absolute atomic E-state index is 0.0498. The molecule has 0 aromatic heterocycles. The summed E-state index contributed by atoms with van der Waals surface area (Å²) in [7, 11) is 1.82. The van der Waals surface area contributed by atoms with Crippen LogP contribution in [0.5, 0.6) is 0 Å². The molecule has 6 nitrogen and oxygen atoms in total. The van der Waals surface area contributed by atoms with Crippen molar-refractivity contribution in [2.45, 2.75) is 12.5 Å². The lowest BCUT2D eigenvalue weighted by Gasteiger charge is -2.24. The average molecular weight is 323 g/mol. The predicted molar refractivity (Wildman–Crippen MR) is 85.6 cm³/mol. The van der Waals surface area contributed by atoms with E-state index in [-0.39, 0.29) is 18.0 Å². The molecule has 2 aliphatic heterocycles. The summed E-state index contributed by atoms with van der Waals surface area (Å²) >= 11 is 6.20. The Balaban J connectivity index is 1.84. The molecule has 3 amide bonds. The van der Waals surface area contributed by atoms with Gasteiger partial charge in [-0.15, -0.1) is 0 Å². The molecule has 1 aromatic rings. The van der Waals surface area contributed by atoms with Crippen LogP contribution in [0.1, 0.15) is 16.8 Å². The second kappa shape index (κ2) is 6.14. The Morgan fingerprint density at radius 3 is 2.86 bits per heavy atom. The fraction of sp³-hybridized carbons (Fsp3) is 0.467. The van der Waals surface area contributed by atoms with Crippen molar-refractivity contribution in [1.29, 1.82) is 0 Å². The van der Waals surface area contributed by atoms with E-state index < -0.39 is 0 Å². The minimum atomic E-state index is -0.181. The van der Waals surface area contributed by atoms with Crippen LogP contribution in [0.4, 0.5) is 10.5 Å². The van der Waals surface area contributed by atoms with Crippen molar-refractivity contribution < 1.29 is 9.59 Å². The number of carbonyl (C=O) groups is 2. The van der Waals surface area contributed by atoms with E-state index in [2.05, 4.69) is 10.6 Å². The number of amides is 3. The maximum Gasteiger partial charge on any atom is 0.322 e. The second-order valence-electron chi connectivity index (χ2n) is 5.61. The van der Waals surface area contributed by atoms with Crippen LogP contribution in [0.3, 0.4) is 0 Å². The van der Waals surface area contributed by atoms with Gasteiger partial charge in [-0.3, -0.25) is 9.69 Å². The Morgan fingerprint density at radius 1 is 1.41 bits per heavy atom. The van der Waals surface area contributed by atoms with Gasteiger partial charge in [-0.2, -0.15) is 0 Å². The fourth-order valence-electron chi connectivity index (χ4n) is 2.89. The van der Waals surface area contributed by atoms with Crippen LogP contribution in [-0.4, -0.2) is 56.1 Å². The third-order valence-electron chi connectivity index (χ3n) is 4.24. The summed E-state index contributed by atoms with van der Waals surface area (Å²) in [6.45, 7) is 2.89. The molecule has 2 N–H and O–H groups in total. The number of nitrogens with zero attached hydrogens (tertiary/aromatic N) is 2. The van der Waals surface area contributed by atoms with Crippen molar-refractivity contribution in [3.63, 3.8) is 0 Å².